The number of nitrogens with zero attached hydrogens (tertiary/aromatic N) is 1. The minimum Gasteiger partial charge on any atom is -0.481 e. The number of H-pyrrole nitrogens is 1. The van der Waals surface area contributed by atoms with Crippen LogP contribution in [0.5, 0.6) is 0 Å². The molecule has 0 aliphatic rings. The molecule has 36 heavy (non-hydrogen) atoms. The Labute approximate surface area is 213 Å². The third-order valence-corrected chi connectivity index (χ3v) is 6.28. The Morgan fingerprint density at radius 3 is 2.25 bits per heavy atom. The van der Waals surface area contributed by atoms with Crippen LogP contribution in [0.25, 0.3) is 0 Å². The average Bonchev–Trinajstić information content (AvgIpc) is 3.35. The number of nitrogens with two attached hydrogens (primary N) is 1. The molecule has 202 valence electrons. The summed E-state index contributed by atoms with van der Waals surface area (Å²) in [7, 11) is 0. The molecule has 0 aliphatic carbocycles. The number of amides is 3. The predicted octanol–water partition coefficient (Wildman–Crippen LogP) is -0.517. The second-order valence-corrected chi connectivity index (χ2v) is 9.42. The van der Waals surface area contributed by atoms with Crippen molar-refractivity contribution >= 4 is 41.4 Å². The van der Waals surface area contributed by atoms with Crippen LogP contribution in [0.2, 0.25) is 0 Å². The normalized spacial score (nSPS) is 15.1. The van der Waals surface area contributed by atoms with Gasteiger partial charge in [0.1, 0.15) is 18.1 Å². The SMILES string of the molecule is CCC(C)C(NC(=O)C(CCC(=O)O)NC(=O)C(N)CCSC)C(=O)NC(Cc1cnc[nH]1)C(=O)O. The maximum absolute atomic E-state index is 13.1. The van der Waals surface area contributed by atoms with Crippen LogP contribution in [-0.2, 0) is 30.4 Å². The lowest BCUT2D eigenvalue weighted by molar-refractivity contribution is -0.142. The zero-order valence-corrected chi connectivity index (χ0v) is 21.5. The van der Waals surface area contributed by atoms with Gasteiger partial charge in [-0.2, -0.15) is 11.8 Å². The number of carboxylic acids is 2. The van der Waals surface area contributed by atoms with Crippen molar-refractivity contribution in [3.05, 3.63) is 18.2 Å². The number of aromatic amines is 1. The molecule has 1 aromatic rings. The fraction of sp³-hybridized carbons (Fsp3) is 0.636. The van der Waals surface area contributed by atoms with Gasteiger partial charge in [0.05, 0.1) is 12.4 Å². The van der Waals surface area contributed by atoms with E-state index >= 15 is 0 Å². The minimum atomic E-state index is -1.28. The second kappa shape index (κ2) is 15.8. The van der Waals surface area contributed by atoms with E-state index in [1.807, 2.05) is 6.26 Å². The number of carboxylic acid groups (broad SMARTS) is 2. The molecular formula is C22H36N6O7S. The van der Waals surface area contributed by atoms with E-state index in [0.29, 0.717) is 24.3 Å². The second-order valence-electron chi connectivity index (χ2n) is 8.43. The standard InChI is InChI=1S/C22H36N6O7S/c1-4-12(2)18(21(33)27-16(22(34)35)9-13-10-24-11-25-13)28-20(32)15(5-6-17(29)30)26-19(31)14(23)7-8-36-3/h10-12,14-16,18H,4-9,23H2,1-3H3,(H,24,25)(H,26,31)(H,27,33)(H,28,32)(H,29,30)(H,34,35). The van der Waals surface area contributed by atoms with Crippen LogP contribution >= 0.6 is 11.8 Å². The fourth-order valence-electron chi connectivity index (χ4n) is 3.22. The molecule has 13 nitrogen and oxygen atoms in total. The van der Waals surface area contributed by atoms with Crippen LogP contribution in [0, 0.1) is 5.92 Å². The van der Waals surface area contributed by atoms with E-state index in [0.717, 1.165) is 0 Å². The van der Waals surface area contributed by atoms with Gasteiger partial charge >= 0.3 is 11.9 Å². The van der Waals surface area contributed by atoms with Gasteiger partial charge in [-0.15, -0.1) is 0 Å². The number of thioether (sulfide) groups is 1. The molecule has 0 radical (unpaired) electrons. The molecule has 0 spiro atoms. The average molecular weight is 529 g/mol. The molecule has 1 rings (SSSR count). The third-order valence-electron chi connectivity index (χ3n) is 5.64. The molecule has 0 saturated heterocycles. The van der Waals surface area contributed by atoms with Crippen LogP contribution in [0.4, 0.5) is 0 Å². The molecular weight excluding hydrogens is 492 g/mol. The first-order valence-electron chi connectivity index (χ1n) is 11.6. The first kappa shape index (κ1) is 30.9. The van der Waals surface area contributed by atoms with Crippen LogP contribution in [0.3, 0.4) is 0 Å². The Bertz CT molecular complexity index is 882. The Hall–Kier alpha value is -3.13. The summed E-state index contributed by atoms with van der Waals surface area (Å²) in [5, 5.41) is 26.1. The topological polar surface area (TPSA) is 217 Å². The first-order valence-corrected chi connectivity index (χ1v) is 13.0. The summed E-state index contributed by atoms with van der Waals surface area (Å²) in [6, 6.07) is -4.53. The lowest BCUT2D eigenvalue weighted by Gasteiger charge is -2.28. The molecule has 14 heteroatoms. The molecule has 0 aromatic carbocycles. The lowest BCUT2D eigenvalue weighted by atomic mass is 9.96. The highest BCUT2D eigenvalue weighted by Crippen LogP contribution is 2.11. The lowest BCUT2D eigenvalue weighted by Crippen LogP contribution is -2.59. The van der Waals surface area contributed by atoms with E-state index in [1.165, 1.54) is 24.3 Å². The van der Waals surface area contributed by atoms with Gasteiger partial charge in [0.2, 0.25) is 17.7 Å². The number of carbonyl (C=O) groups is 5. The summed E-state index contributed by atoms with van der Waals surface area (Å²) in [5.41, 5.74) is 6.37. The summed E-state index contributed by atoms with van der Waals surface area (Å²) < 4.78 is 0. The van der Waals surface area contributed by atoms with Gasteiger partial charge in [0.15, 0.2) is 0 Å². The Morgan fingerprint density at radius 1 is 1.06 bits per heavy atom. The molecule has 1 heterocycles. The Kier molecular flexibility index (Phi) is 13.5. The Balaban J connectivity index is 3.00. The van der Waals surface area contributed by atoms with Crippen molar-refractivity contribution in [2.24, 2.45) is 11.7 Å². The van der Waals surface area contributed by atoms with Gasteiger partial charge in [-0.05, 0) is 30.8 Å². The molecule has 3 amide bonds. The number of hydrogen-bond donors (Lipinski definition) is 7. The monoisotopic (exact) mass is 528 g/mol. The molecule has 0 aliphatic heterocycles. The number of carbonyl (C=O) groups excluding carboxylic acids is 3. The molecule has 5 atom stereocenters. The summed E-state index contributed by atoms with van der Waals surface area (Å²) in [5.74, 6) is -4.28. The quantitative estimate of drug-likeness (QED) is 0.137. The minimum absolute atomic E-state index is 0.0481. The number of hydrogen-bond acceptors (Lipinski definition) is 8. The highest BCUT2D eigenvalue weighted by molar-refractivity contribution is 7.98. The summed E-state index contributed by atoms with van der Waals surface area (Å²) >= 11 is 1.50. The number of nitrogens with one attached hydrogen (secondary N) is 4. The smallest absolute Gasteiger partial charge is 0.326 e. The van der Waals surface area contributed by atoms with Crippen molar-refractivity contribution in [3.8, 4) is 0 Å². The zero-order chi connectivity index (χ0) is 27.3. The van der Waals surface area contributed by atoms with Crippen LogP contribution in [0.15, 0.2) is 12.5 Å². The number of aliphatic carboxylic acids is 2. The van der Waals surface area contributed by atoms with E-state index in [2.05, 4.69) is 25.9 Å². The molecule has 8 N–H and O–H groups in total. The molecule has 0 fully saturated rings. The van der Waals surface area contributed by atoms with E-state index in [-0.39, 0.29) is 12.8 Å². The van der Waals surface area contributed by atoms with Crippen LogP contribution in [0.1, 0.15) is 45.2 Å². The molecule has 5 unspecified atom stereocenters. The van der Waals surface area contributed by atoms with Gasteiger partial charge in [0, 0.05) is 24.7 Å². The highest BCUT2D eigenvalue weighted by atomic mass is 32.2. The van der Waals surface area contributed by atoms with Crippen LogP contribution < -0.4 is 21.7 Å². The van der Waals surface area contributed by atoms with Gasteiger partial charge < -0.3 is 36.9 Å². The van der Waals surface area contributed by atoms with Gasteiger partial charge in [-0.25, -0.2) is 9.78 Å². The van der Waals surface area contributed by atoms with Crippen LogP contribution in [-0.4, -0.2) is 86.0 Å². The summed E-state index contributed by atoms with van der Waals surface area (Å²) in [6.07, 6.45) is 4.86. The van der Waals surface area contributed by atoms with Crippen molar-refractivity contribution in [1.82, 2.24) is 25.9 Å². The van der Waals surface area contributed by atoms with Gasteiger partial charge in [0.25, 0.3) is 0 Å². The maximum Gasteiger partial charge on any atom is 0.326 e. The molecule has 0 bridgehead atoms. The largest absolute Gasteiger partial charge is 0.481 e. The Morgan fingerprint density at radius 2 is 1.72 bits per heavy atom. The van der Waals surface area contributed by atoms with Gasteiger partial charge in [-0.3, -0.25) is 19.2 Å². The van der Waals surface area contributed by atoms with Crippen molar-refractivity contribution in [1.29, 1.82) is 0 Å². The van der Waals surface area contributed by atoms with Crippen molar-refractivity contribution < 1.29 is 34.2 Å². The number of rotatable bonds is 17. The zero-order valence-electron chi connectivity index (χ0n) is 20.7. The van der Waals surface area contributed by atoms with E-state index in [1.54, 1.807) is 13.8 Å². The van der Waals surface area contributed by atoms with E-state index in [9.17, 15) is 29.1 Å². The summed E-state index contributed by atoms with van der Waals surface area (Å²) in [6.45, 7) is 3.50. The van der Waals surface area contributed by atoms with Gasteiger partial charge in [-0.1, -0.05) is 20.3 Å². The van der Waals surface area contributed by atoms with Crippen molar-refractivity contribution in [2.45, 2.75) is 70.1 Å². The molecule has 0 saturated carbocycles. The maximum atomic E-state index is 13.1. The number of aromatic nitrogens is 2. The number of imidazole rings is 1. The van der Waals surface area contributed by atoms with Crippen molar-refractivity contribution in [2.75, 3.05) is 12.0 Å². The van der Waals surface area contributed by atoms with Crippen molar-refractivity contribution in [3.63, 3.8) is 0 Å². The van der Waals surface area contributed by atoms with E-state index < -0.39 is 66.2 Å². The first-order chi connectivity index (χ1) is 17.0. The summed E-state index contributed by atoms with van der Waals surface area (Å²) in [4.78, 5) is 68.0. The molecule has 1 aromatic heterocycles. The third kappa shape index (κ3) is 10.6. The fourth-order valence-corrected chi connectivity index (χ4v) is 3.71. The van der Waals surface area contributed by atoms with E-state index in [4.69, 9.17) is 10.8 Å². The predicted molar refractivity (Wildman–Crippen MR) is 133 cm³/mol. The highest BCUT2D eigenvalue weighted by Gasteiger charge is 2.33.